The van der Waals surface area contributed by atoms with Gasteiger partial charge in [-0.2, -0.15) is 4.57 Å². The van der Waals surface area contributed by atoms with E-state index in [0.29, 0.717) is 11.3 Å². The standard InChI is InChI=1S/C15H19NO2S/c1-9(2)16-8-7-13(19-10(3)4)14-11(16)5-6-12(17)15(14)18/h5-10,17H,1-4H3/p+1. The lowest BCUT2D eigenvalue weighted by molar-refractivity contribution is -0.691. The Kier molecular flexibility index (Phi) is 3.90. The molecule has 1 aromatic heterocycles. The first-order valence-electron chi connectivity index (χ1n) is 6.47. The third-order valence-corrected chi connectivity index (χ3v) is 4.03. The van der Waals surface area contributed by atoms with Gasteiger partial charge in [-0.1, -0.05) is 13.8 Å². The monoisotopic (exact) mass is 278 g/mol. The van der Waals surface area contributed by atoms with E-state index < -0.39 is 0 Å². The molecule has 0 radical (unpaired) electrons. The topological polar surface area (TPSA) is 44.3 Å². The smallest absolute Gasteiger partial charge is 0.217 e. The number of phenols is 2. The van der Waals surface area contributed by atoms with Crippen LogP contribution in [0.4, 0.5) is 0 Å². The van der Waals surface area contributed by atoms with Gasteiger partial charge in [-0.15, -0.1) is 11.8 Å². The van der Waals surface area contributed by atoms with Crippen molar-refractivity contribution >= 4 is 22.7 Å². The van der Waals surface area contributed by atoms with E-state index >= 15 is 0 Å². The summed E-state index contributed by atoms with van der Waals surface area (Å²) in [6, 6.07) is 5.70. The van der Waals surface area contributed by atoms with Crippen molar-refractivity contribution in [2.75, 3.05) is 0 Å². The first kappa shape index (κ1) is 14.0. The zero-order valence-electron chi connectivity index (χ0n) is 11.7. The number of hydrogen-bond donors (Lipinski definition) is 2. The molecule has 2 aromatic rings. The molecule has 4 heteroatoms. The van der Waals surface area contributed by atoms with E-state index in [1.807, 2.05) is 18.3 Å². The number of rotatable bonds is 3. The minimum Gasteiger partial charge on any atom is -0.504 e. The number of nitrogens with zero attached hydrogens (tertiary/aromatic N) is 1. The first-order chi connectivity index (χ1) is 8.91. The molecule has 2 rings (SSSR count). The van der Waals surface area contributed by atoms with Crippen LogP contribution in [0.1, 0.15) is 33.7 Å². The summed E-state index contributed by atoms with van der Waals surface area (Å²) in [6.07, 6.45) is 2.04. The Morgan fingerprint density at radius 3 is 2.32 bits per heavy atom. The zero-order chi connectivity index (χ0) is 14.2. The van der Waals surface area contributed by atoms with Crippen molar-refractivity contribution in [3.05, 3.63) is 24.4 Å². The van der Waals surface area contributed by atoms with E-state index in [2.05, 4.69) is 32.3 Å². The summed E-state index contributed by atoms with van der Waals surface area (Å²) >= 11 is 1.69. The highest BCUT2D eigenvalue weighted by Crippen LogP contribution is 2.39. The largest absolute Gasteiger partial charge is 0.504 e. The molecular weight excluding hydrogens is 258 g/mol. The SMILES string of the molecule is CC(C)Sc1cc[n+](C(C)C)c2ccc(O)c(O)c12. The van der Waals surface area contributed by atoms with E-state index in [0.717, 1.165) is 15.8 Å². The number of aromatic hydroxyl groups is 2. The summed E-state index contributed by atoms with van der Waals surface area (Å²) in [7, 11) is 0. The molecule has 0 amide bonds. The van der Waals surface area contributed by atoms with Gasteiger partial charge in [-0.05, 0) is 19.9 Å². The van der Waals surface area contributed by atoms with Crippen LogP contribution >= 0.6 is 11.8 Å². The van der Waals surface area contributed by atoms with Crippen molar-refractivity contribution in [2.24, 2.45) is 0 Å². The third kappa shape index (κ3) is 2.63. The minimum absolute atomic E-state index is 0.0318. The molecule has 0 unspecified atom stereocenters. The Bertz CT molecular complexity index is 609. The molecule has 0 atom stereocenters. The van der Waals surface area contributed by atoms with Crippen molar-refractivity contribution in [1.82, 2.24) is 0 Å². The summed E-state index contributed by atoms with van der Waals surface area (Å²) in [5.74, 6) is -0.102. The molecule has 0 saturated carbocycles. The number of thioether (sulfide) groups is 1. The average molecular weight is 278 g/mol. The van der Waals surface area contributed by atoms with E-state index in [-0.39, 0.29) is 11.5 Å². The van der Waals surface area contributed by atoms with Gasteiger partial charge in [0.15, 0.2) is 23.7 Å². The molecule has 0 aliphatic carbocycles. The molecular formula is C15H20NO2S+. The Morgan fingerprint density at radius 1 is 1.05 bits per heavy atom. The maximum Gasteiger partial charge on any atom is 0.217 e. The highest BCUT2D eigenvalue weighted by Gasteiger charge is 2.20. The van der Waals surface area contributed by atoms with Crippen LogP contribution in [0.2, 0.25) is 0 Å². The molecule has 3 nitrogen and oxygen atoms in total. The highest BCUT2D eigenvalue weighted by atomic mass is 32.2. The van der Waals surface area contributed by atoms with Gasteiger partial charge in [-0.3, -0.25) is 0 Å². The van der Waals surface area contributed by atoms with Crippen LogP contribution in [0.5, 0.6) is 11.5 Å². The summed E-state index contributed by atoms with van der Waals surface area (Å²) in [6.45, 7) is 8.41. The molecule has 0 aliphatic rings. The maximum atomic E-state index is 10.2. The van der Waals surface area contributed by atoms with E-state index in [1.54, 1.807) is 17.8 Å². The van der Waals surface area contributed by atoms with Crippen LogP contribution in [0.3, 0.4) is 0 Å². The van der Waals surface area contributed by atoms with Crippen molar-refractivity contribution in [3.8, 4) is 11.5 Å². The number of pyridine rings is 1. The minimum atomic E-state index is -0.0698. The number of aromatic nitrogens is 1. The summed E-state index contributed by atoms with van der Waals surface area (Å²) < 4.78 is 2.10. The van der Waals surface area contributed by atoms with Gasteiger partial charge in [0.05, 0.1) is 0 Å². The number of phenolic OH excluding ortho intramolecular Hbond substituents is 2. The summed E-state index contributed by atoms with van der Waals surface area (Å²) in [4.78, 5) is 0.996. The lowest BCUT2D eigenvalue weighted by Crippen LogP contribution is -2.36. The Morgan fingerprint density at radius 2 is 1.74 bits per heavy atom. The second kappa shape index (κ2) is 5.29. The Balaban J connectivity index is 2.78. The molecule has 0 aliphatic heterocycles. The van der Waals surface area contributed by atoms with Crippen LogP contribution < -0.4 is 4.57 Å². The van der Waals surface area contributed by atoms with Crippen LogP contribution in [0, 0.1) is 0 Å². The van der Waals surface area contributed by atoms with Crippen molar-refractivity contribution < 1.29 is 14.8 Å². The van der Waals surface area contributed by atoms with Crippen LogP contribution in [-0.4, -0.2) is 15.5 Å². The first-order valence-corrected chi connectivity index (χ1v) is 7.35. The molecule has 0 bridgehead atoms. The molecule has 0 spiro atoms. The van der Waals surface area contributed by atoms with Gasteiger partial charge >= 0.3 is 0 Å². The average Bonchev–Trinajstić information content (AvgIpc) is 2.32. The quantitative estimate of drug-likeness (QED) is 0.512. The van der Waals surface area contributed by atoms with Gasteiger partial charge in [0.1, 0.15) is 5.39 Å². The molecule has 1 heterocycles. The summed E-state index contributed by atoms with van der Waals surface area (Å²) in [5.41, 5.74) is 0.941. The van der Waals surface area contributed by atoms with Gasteiger partial charge in [0.25, 0.3) is 0 Å². The van der Waals surface area contributed by atoms with E-state index in [4.69, 9.17) is 0 Å². The Hall–Kier alpha value is -1.42. The fourth-order valence-corrected chi connectivity index (χ4v) is 3.11. The van der Waals surface area contributed by atoms with Crippen molar-refractivity contribution in [2.45, 2.75) is 43.9 Å². The van der Waals surface area contributed by atoms with Gasteiger partial charge in [0.2, 0.25) is 5.52 Å². The van der Waals surface area contributed by atoms with Gasteiger partial charge < -0.3 is 10.2 Å². The molecule has 102 valence electrons. The van der Waals surface area contributed by atoms with Gasteiger partial charge in [-0.25, -0.2) is 0 Å². The van der Waals surface area contributed by atoms with E-state index in [1.165, 1.54) is 0 Å². The van der Waals surface area contributed by atoms with Crippen molar-refractivity contribution in [3.63, 3.8) is 0 Å². The van der Waals surface area contributed by atoms with Crippen LogP contribution in [0.15, 0.2) is 29.3 Å². The highest BCUT2D eigenvalue weighted by molar-refractivity contribution is 8.00. The lowest BCUT2D eigenvalue weighted by atomic mass is 10.1. The normalized spacial score (nSPS) is 11.7. The summed E-state index contributed by atoms with van der Waals surface area (Å²) in [5, 5.41) is 21.1. The molecule has 1 aromatic carbocycles. The number of benzene rings is 1. The fraction of sp³-hybridized carbons (Fsp3) is 0.400. The van der Waals surface area contributed by atoms with Crippen LogP contribution in [0.25, 0.3) is 10.9 Å². The molecule has 0 saturated heterocycles. The molecule has 19 heavy (non-hydrogen) atoms. The number of fused-ring (bicyclic) bond motifs is 1. The van der Waals surface area contributed by atoms with E-state index in [9.17, 15) is 10.2 Å². The van der Waals surface area contributed by atoms with Crippen LogP contribution in [-0.2, 0) is 0 Å². The van der Waals surface area contributed by atoms with Gasteiger partial charge in [0, 0.05) is 22.3 Å². The maximum absolute atomic E-state index is 10.2. The second-order valence-electron chi connectivity index (χ2n) is 5.18. The third-order valence-electron chi connectivity index (χ3n) is 2.96. The predicted octanol–water partition coefficient (Wildman–Crippen LogP) is 3.62. The molecule has 2 N–H and O–H groups in total. The Labute approximate surface area is 117 Å². The number of hydrogen-bond acceptors (Lipinski definition) is 3. The fourth-order valence-electron chi connectivity index (χ4n) is 2.14. The second-order valence-corrected chi connectivity index (χ2v) is 6.79. The lowest BCUT2D eigenvalue weighted by Gasteiger charge is -2.12. The molecule has 0 fully saturated rings. The zero-order valence-corrected chi connectivity index (χ0v) is 12.5. The van der Waals surface area contributed by atoms with Crippen molar-refractivity contribution in [1.29, 1.82) is 0 Å². The predicted molar refractivity (Wildman–Crippen MR) is 78.9 cm³/mol.